The molecule has 0 fully saturated rings. The minimum atomic E-state index is -1.83. The molecule has 1 N–H and O–H groups in total. The average molecular weight is 278 g/mol. The van der Waals surface area contributed by atoms with Gasteiger partial charge in [0.1, 0.15) is 13.2 Å². The van der Waals surface area contributed by atoms with Gasteiger partial charge in [-0.15, -0.1) is 0 Å². The lowest BCUT2D eigenvalue weighted by molar-refractivity contribution is 0.283. The Morgan fingerprint density at radius 2 is 1.89 bits per heavy atom. The molecule has 0 unspecified atom stereocenters. The van der Waals surface area contributed by atoms with E-state index in [0.717, 1.165) is 5.56 Å². The van der Waals surface area contributed by atoms with Crippen molar-refractivity contribution in [2.75, 3.05) is 0 Å². The van der Waals surface area contributed by atoms with Gasteiger partial charge in [-0.25, -0.2) is 4.98 Å². The molecule has 0 saturated carbocycles. The molecule has 2 aromatic rings. The Morgan fingerprint density at radius 3 is 2.50 bits per heavy atom. The molecule has 2 nitrogen and oxygen atoms in total. The second-order valence-electron chi connectivity index (χ2n) is 4.81. The van der Waals surface area contributed by atoms with Gasteiger partial charge in [0.2, 0.25) is 0 Å². The van der Waals surface area contributed by atoms with Crippen LogP contribution in [-0.2, 0) is 6.61 Å². The Bertz CT molecular complexity index is 540. The summed E-state index contributed by atoms with van der Waals surface area (Å²) in [6.45, 7) is 4.59. The summed E-state index contributed by atoms with van der Waals surface area (Å²) in [6, 6.07) is 11.9. The third-order valence-electron chi connectivity index (χ3n) is 3.31. The maximum atomic E-state index is 9.46. The van der Waals surface area contributed by atoms with Crippen LogP contribution in [0.3, 0.4) is 0 Å². The molecular weight excluding hydrogens is 262 g/mol. The van der Waals surface area contributed by atoms with E-state index in [1.165, 1.54) is 10.4 Å². The second kappa shape index (κ2) is 5.22. The molecule has 0 saturated heterocycles. The standard InChI is InChI=1S/C14H16ClNOSi/c1-18(2,12-7-8-14(15)16-9-12)13-6-4-3-5-11(13)10-17/h3-9,17H,10H2,1-2H3. The van der Waals surface area contributed by atoms with Crippen LogP contribution >= 0.6 is 11.6 Å². The summed E-state index contributed by atoms with van der Waals surface area (Å²) in [5.74, 6) is 0. The van der Waals surface area contributed by atoms with Crippen molar-refractivity contribution in [1.29, 1.82) is 0 Å². The number of aliphatic hydroxyl groups excluding tert-OH is 1. The first kappa shape index (κ1) is 13.3. The number of rotatable bonds is 3. The molecule has 0 aliphatic carbocycles. The van der Waals surface area contributed by atoms with Crippen LogP contribution in [0.1, 0.15) is 5.56 Å². The molecule has 1 aromatic carbocycles. The zero-order valence-corrected chi connectivity index (χ0v) is 12.3. The van der Waals surface area contributed by atoms with Crippen molar-refractivity contribution in [1.82, 2.24) is 4.98 Å². The van der Waals surface area contributed by atoms with Gasteiger partial charge >= 0.3 is 0 Å². The minimum Gasteiger partial charge on any atom is -0.392 e. The summed E-state index contributed by atoms with van der Waals surface area (Å²) < 4.78 is 0. The molecule has 1 aromatic heterocycles. The molecule has 0 aliphatic rings. The highest BCUT2D eigenvalue weighted by Gasteiger charge is 2.28. The molecule has 0 amide bonds. The van der Waals surface area contributed by atoms with E-state index in [-0.39, 0.29) is 6.61 Å². The van der Waals surface area contributed by atoms with E-state index in [0.29, 0.717) is 5.15 Å². The van der Waals surface area contributed by atoms with Crippen LogP contribution in [0.2, 0.25) is 18.2 Å². The molecule has 0 bridgehead atoms. The Hall–Kier alpha value is -1.16. The van der Waals surface area contributed by atoms with E-state index in [1.807, 2.05) is 36.5 Å². The summed E-state index contributed by atoms with van der Waals surface area (Å²) in [7, 11) is -1.83. The number of benzene rings is 1. The highest BCUT2D eigenvalue weighted by atomic mass is 35.5. The number of aliphatic hydroxyl groups is 1. The quantitative estimate of drug-likeness (QED) is 0.688. The molecule has 0 aliphatic heterocycles. The number of aromatic nitrogens is 1. The van der Waals surface area contributed by atoms with Crippen LogP contribution in [0.4, 0.5) is 0 Å². The summed E-state index contributed by atoms with van der Waals surface area (Å²) in [5, 5.41) is 12.4. The first-order chi connectivity index (χ1) is 8.55. The van der Waals surface area contributed by atoms with Crippen molar-refractivity contribution in [3.63, 3.8) is 0 Å². The molecule has 94 valence electrons. The molecule has 2 rings (SSSR count). The van der Waals surface area contributed by atoms with E-state index >= 15 is 0 Å². The van der Waals surface area contributed by atoms with E-state index < -0.39 is 8.07 Å². The van der Waals surface area contributed by atoms with Gasteiger partial charge in [-0.1, -0.05) is 55.0 Å². The fraction of sp³-hybridized carbons (Fsp3) is 0.214. The third-order valence-corrected chi connectivity index (χ3v) is 7.11. The number of hydrogen-bond acceptors (Lipinski definition) is 2. The van der Waals surface area contributed by atoms with E-state index in [4.69, 9.17) is 11.6 Å². The molecule has 18 heavy (non-hydrogen) atoms. The fourth-order valence-electron chi connectivity index (χ4n) is 2.17. The van der Waals surface area contributed by atoms with Crippen LogP contribution in [0, 0.1) is 0 Å². The van der Waals surface area contributed by atoms with Crippen LogP contribution in [0.25, 0.3) is 0 Å². The number of pyridine rings is 1. The first-order valence-electron chi connectivity index (χ1n) is 5.87. The van der Waals surface area contributed by atoms with Crippen molar-refractivity contribution >= 4 is 30.0 Å². The molecular formula is C14H16ClNOSi. The Kier molecular flexibility index (Phi) is 3.85. The normalized spacial score (nSPS) is 11.6. The van der Waals surface area contributed by atoms with Gasteiger partial charge in [-0.05, 0) is 22.0 Å². The van der Waals surface area contributed by atoms with E-state index in [1.54, 1.807) is 0 Å². The summed E-state index contributed by atoms with van der Waals surface area (Å²) >= 11 is 5.83. The van der Waals surface area contributed by atoms with Crippen molar-refractivity contribution in [3.05, 3.63) is 53.3 Å². The van der Waals surface area contributed by atoms with Gasteiger partial charge in [0, 0.05) is 6.20 Å². The predicted octanol–water partition coefficient (Wildman–Crippen LogP) is 2.05. The monoisotopic (exact) mass is 277 g/mol. The Labute approximate surface area is 113 Å². The van der Waals surface area contributed by atoms with E-state index in [9.17, 15) is 5.11 Å². The van der Waals surface area contributed by atoms with E-state index in [2.05, 4.69) is 24.1 Å². The maximum absolute atomic E-state index is 9.46. The fourth-order valence-corrected chi connectivity index (χ4v) is 4.96. The lowest BCUT2D eigenvalue weighted by Crippen LogP contribution is -2.54. The van der Waals surface area contributed by atoms with Crippen LogP contribution in [0.5, 0.6) is 0 Å². The molecule has 0 atom stereocenters. The summed E-state index contributed by atoms with van der Waals surface area (Å²) in [4.78, 5) is 4.16. The average Bonchev–Trinajstić information content (AvgIpc) is 2.39. The lowest BCUT2D eigenvalue weighted by Gasteiger charge is -2.25. The van der Waals surface area contributed by atoms with Crippen molar-refractivity contribution in [3.8, 4) is 0 Å². The largest absolute Gasteiger partial charge is 0.392 e. The van der Waals surface area contributed by atoms with Gasteiger partial charge in [0.15, 0.2) is 0 Å². The van der Waals surface area contributed by atoms with Crippen molar-refractivity contribution < 1.29 is 5.11 Å². The van der Waals surface area contributed by atoms with Gasteiger partial charge < -0.3 is 5.11 Å². The smallest absolute Gasteiger partial charge is 0.128 e. The van der Waals surface area contributed by atoms with Crippen LogP contribution < -0.4 is 10.4 Å². The predicted molar refractivity (Wildman–Crippen MR) is 78.4 cm³/mol. The zero-order valence-electron chi connectivity index (χ0n) is 10.5. The third kappa shape index (κ3) is 2.48. The zero-order chi connectivity index (χ0) is 13.2. The molecule has 0 spiro atoms. The maximum Gasteiger partial charge on any atom is 0.128 e. The molecule has 4 heteroatoms. The first-order valence-corrected chi connectivity index (χ1v) is 9.25. The van der Waals surface area contributed by atoms with Crippen LogP contribution in [0.15, 0.2) is 42.6 Å². The summed E-state index contributed by atoms with van der Waals surface area (Å²) in [6.07, 6.45) is 1.85. The molecule has 0 radical (unpaired) electrons. The highest BCUT2D eigenvalue weighted by Crippen LogP contribution is 2.10. The molecule has 1 heterocycles. The van der Waals surface area contributed by atoms with Crippen molar-refractivity contribution in [2.24, 2.45) is 0 Å². The summed E-state index contributed by atoms with van der Waals surface area (Å²) in [5.41, 5.74) is 1.00. The van der Waals surface area contributed by atoms with Gasteiger partial charge in [-0.3, -0.25) is 0 Å². The van der Waals surface area contributed by atoms with Gasteiger partial charge in [0.05, 0.1) is 6.61 Å². The number of halogens is 1. The number of nitrogens with zero attached hydrogens (tertiary/aromatic N) is 1. The van der Waals surface area contributed by atoms with Gasteiger partial charge in [-0.2, -0.15) is 0 Å². The van der Waals surface area contributed by atoms with Crippen molar-refractivity contribution in [2.45, 2.75) is 19.7 Å². The van der Waals surface area contributed by atoms with Gasteiger partial charge in [0.25, 0.3) is 0 Å². The minimum absolute atomic E-state index is 0.0770. The Balaban J connectivity index is 2.50. The topological polar surface area (TPSA) is 33.1 Å². The van der Waals surface area contributed by atoms with Crippen LogP contribution in [-0.4, -0.2) is 18.2 Å². The number of hydrogen-bond donors (Lipinski definition) is 1. The lowest BCUT2D eigenvalue weighted by atomic mass is 10.2. The second-order valence-corrected chi connectivity index (χ2v) is 9.56. The highest BCUT2D eigenvalue weighted by molar-refractivity contribution is 7.00. The SMILES string of the molecule is C[Si](C)(c1ccc(Cl)nc1)c1ccccc1CO. The Morgan fingerprint density at radius 1 is 1.17 bits per heavy atom.